The van der Waals surface area contributed by atoms with Gasteiger partial charge in [-0.15, -0.1) is 0 Å². The molecule has 44 heavy (non-hydrogen) atoms. The Morgan fingerprint density at radius 1 is 0.932 bits per heavy atom. The molecule has 9 nitrogen and oxygen atoms in total. The number of nitrogens with one attached hydrogen (secondary N) is 1. The summed E-state index contributed by atoms with van der Waals surface area (Å²) in [6, 6.07) is 20.9. The van der Waals surface area contributed by atoms with Crippen LogP contribution in [-0.4, -0.2) is 64.2 Å². The van der Waals surface area contributed by atoms with Gasteiger partial charge >= 0.3 is 0 Å². The van der Waals surface area contributed by atoms with Gasteiger partial charge in [0.2, 0.25) is 21.8 Å². The minimum Gasteiger partial charge on any atom is -0.497 e. The first-order valence-corrected chi connectivity index (χ1v) is 17.3. The number of amides is 2. The van der Waals surface area contributed by atoms with Crippen LogP contribution in [0.4, 0.5) is 5.69 Å². The molecule has 1 aliphatic carbocycles. The molecule has 0 aliphatic heterocycles. The third kappa shape index (κ3) is 8.98. The van der Waals surface area contributed by atoms with Crippen molar-refractivity contribution in [3.63, 3.8) is 0 Å². The number of methoxy groups -OCH3 is 2. The molecule has 236 valence electrons. The number of ether oxygens (including phenoxy) is 2. The van der Waals surface area contributed by atoms with Gasteiger partial charge in [-0.1, -0.05) is 77.7 Å². The lowest BCUT2D eigenvalue weighted by atomic mass is 9.94. The molecule has 0 aromatic heterocycles. The van der Waals surface area contributed by atoms with Crippen LogP contribution in [0.2, 0.25) is 0 Å². The largest absolute Gasteiger partial charge is 0.497 e. The summed E-state index contributed by atoms with van der Waals surface area (Å²) in [6.45, 7) is -0.435. The monoisotopic (exact) mass is 685 g/mol. The lowest BCUT2D eigenvalue weighted by molar-refractivity contribution is -0.140. The molecule has 0 bridgehead atoms. The van der Waals surface area contributed by atoms with Gasteiger partial charge in [-0.25, -0.2) is 8.42 Å². The molecule has 2 amide bonds. The molecule has 1 saturated carbocycles. The van der Waals surface area contributed by atoms with Crippen molar-refractivity contribution >= 4 is 43.5 Å². The molecule has 3 aromatic rings. The van der Waals surface area contributed by atoms with E-state index < -0.39 is 28.5 Å². The van der Waals surface area contributed by atoms with Gasteiger partial charge in [-0.3, -0.25) is 13.9 Å². The van der Waals surface area contributed by atoms with E-state index >= 15 is 0 Å². The van der Waals surface area contributed by atoms with E-state index in [1.165, 1.54) is 25.2 Å². The highest BCUT2D eigenvalue weighted by Gasteiger charge is 2.34. The molecular formula is C33H40BrN3O6S. The van der Waals surface area contributed by atoms with Crippen LogP contribution in [0.25, 0.3) is 0 Å². The Kier molecular flexibility index (Phi) is 11.7. The van der Waals surface area contributed by atoms with Crippen molar-refractivity contribution in [1.82, 2.24) is 10.2 Å². The standard InChI is InChI=1S/C33H40BrN3O6S/c1-42-28-18-19-31(43-2)29(21-28)37(44(3,40)41)23-32(38)36(22-25-14-16-26(34)17-15-25)30(20-24-10-6-4-7-11-24)33(39)35-27-12-8-5-9-13-27/h4,6-7,10-11,14-19,21,27,30H,5,8-9,12-13,20,22-23H2,1-3H3,(H,35,39)/t30-/m1/s1. The van der Waals surface area contributed by atoms with Crippen LogP contribution in [0.15, 0.2) is 77.3 Å². The second kappa shape index (κ2) is 15.4. The van der Waals surface area contributed by atoms with Crippen molar-refractivity contribution in [3.05, 3.63) is 88.4 Å². The van der Waals surface area contributed by atoms with E-state index in [9.17, 15) is 18.0 Å². The lowest BCUT2D eigenvalue weighted by Crippen LogP contribution is -2.55. The number of halogens is 1. The lowest BCUT2D eigenvalue weighted by Gasteiger charge is -2.35. The second-order valence-electron chi connectivity index (χ2n) is 11.0. The first-order chi connectivity index (χ1) is 21.1. The van der Waals surface area contributed by atoms with E-state index in [4.69, 9.17) is 9.47 Å². The molecule has 11 heteroatoms. The topological polar surface area (TPSA) is 105 Å². The van der Waals surface area contributed by atoms with E-state index in [-0.39, 0.29) is 36.4 Å². The molecule has 0 unspecified atom stereocenters. The third-order valence-electron chi connectivity index (χ3n) is 7.82. The smallest absolute Gasteiger partial charge is 0.244 e. The Balaban J connectivity index is 1.75. The van der Waals surface area contributed by atoms with E-state index in [0.717, 1.165) is 58.3 Å². The Labute approximate surface area is 268 Å². The van der Waals surface area contributed by atoms with Crippen molar-refractivity contribution in [2.75, 3.05) is 31.3 Å². The maximum Gasteiger partial charge on any atom is 0.244 e. The molecule has 1 fully saturated rings. The summed E-state index contributed by atoms with van der Waals surface area (Å²) in [5.41, 5.74) is 1.85. The van der Waals surface area contributed by atoms with Gasteiger partial charge in [0.25, 0.3) is 0 Å². The Hall–Kier alpha value is -3.57. The van der Waals surface area contributed by atoms with Gasteiger partial charge in [-0.2, -0.15) is 0 Å². The number of hydrogen-bond donors (Lipinski definition) is 1. The highest BCUT2D eigenvalue weighted by Crippen LogP contribution is 2.34. The Bertz CT molecular complexity index is 1510. The molecule has 1 N–H and O–H groups in total. The molecule has 1 atom stereocenters. The first kappa shape index (κ1) is 33.3. The number of hydrogen-bond acceptors (Lipinski definition) is 6. The molecular weight excluding hydrogens is 646 g/mol. The van der Waals surface area contributed by atoms with Gasteiger partial charge < -0.3 is 19.7 Å². The number of nitrogens with zero attached hydrogens (tertiary/aromatic N) is 2. The summed E-state index contributed by atoms with van der Waals surface area (Å²) >= 11 is 3.46. The molecule has 0 saturated heterocycles. The van der Waals surface area contributed by atoms with Crippen molar-refractivity contribution in [1.29, 1.82) is 0 Å². The van der Waals surface area contributed by atoms with Gasteiger partial charge in [-0.05, 0) is 48.2 Å². The van der Waals surface area contributed by atoms with Crippen LogP contribution in [0.5, 0.6) is 11.5 Å². The SMILES string of the molecule is COc1ccc(OC)c(N(CC(=O)N(Cc2ccc(Br)cc2)[C@H](Cc2ccccc2)C(=O)NC2CCCCC2)S(C)(=O)=O)c1. The van der Waals surface area contributed by atoms with Crippen molar-refractivity contribution in [3.8, 4) is 11.5 Å². The van der Waals surface area contributed by atoms with Crippen LogP contribution >= 0.6 is 15.9 Å². The molecule has 3 aromatic carbocycles. The maximum absolute atomic E-state index is 14.4. The summed E-state index contributed by atoms with van der Waals surface area (Å²) in [7, 11) is -1.06. The zero-order valence-electron chi connectivity index (χ0n) is 25.4. The van der Waals surface area contributed by atoms with Crippen LogP contribution in [0.1, 0.15) is 43.2 Å². The van der Waals surface area contributed by atoms with Crippen molar-refractivity contribution in [2.24, 2.45) is 0 Å². The predicted octanol–water partition coefficient (Wildman–Crippen LogP) is 5.32. The minimum absolute atomic E-state index is 0.0349. The Morgan fingerprint density at radius 2 is 1.61 bits per heavy atom. The molecule has 0 radical (unpaired) electrons. The quantitative estimate of drug-likeness (QED) is 0.261. The highest BCUT2D eigenvalue weighted by atomic mass is 79.9. The van der Waals surface area contributed by atoms with Gasteiger partial charge in [0.15, 0.2) is 0 Å². The fourth-order valence-corrected chi connectivity index (χ4v) is 6.58. The number of rotatable bonds is 13. The zero-order chi connectivity index (χ0) is 31.7. The van der Waals surface area contributed by atoms with Crippen LogP contribution in [0.3, 0.4) is 0 Å². The fourth-order valence-electron chi connectivity index (χ4n) is 5.47. The number of carbonyl (C=O) groups is 2. The third-order valence-corrected chi connectivity index (χ3v) is 9.48. The fraction of sp³-hybridized carbons (Fsp3) is 0.394. The predicted molar refractivity (Wildman–Crippen MR) is 175 cm³/mol. The van der Waals surface area contributed by atoms with Gasteiger partial charge in [0, 0.05) is 29.5 Å². The normalized spacial score (nSPS) is 14.4. The summed E-state index contributed by atoms with van der Waals surface area (Å²) in [6.07, 6.45) is 6.31. The molecule has 0 spiro atoms. The maximum atomic E-state index is 14.4. The molecule has 0 heterocycles. The Morgan fingerprint density at radius 3 is 2.23 bits per heavy atom. The summed E-state index contributed by atoms with van der Waals surface area (Å²) in [5, 5.41) is 3.21. The van der Waals surface area contributed by atoms with Crippen LogP contribution in [0, 0.1) is 0 Å². The highest BCUT2D eigenvalue weighted by molar-refractivity contribution is 9.10. The number of carbonyl (C=O) groups excluding carboxylic acids is 2. The minimum atomic E-state index is -3.97. The average molecular weight is 687 g/mol. The van der Waals surface area contributed by atoms with Gasteiger partial charge in [0.1, 0.15) is 24.1 Å². The van der Waals surface area contributed by atoms with Crippen LogP contribution < -0.4 is 19.1 Å². The van der Waals surface area contributed by atoms with Crippen molar-refractivity contribution in [2.45, 2.75) is 57.2 Å². The number of anilines is 1. The average Bonchev–Trinajstić information content (AvgIpc) is 3.02. The van der Waals surface area contributed by atoms with E-state index in [2.05, 4.69) is 21.2 Å². The van der Waals surface area contributed by atoms with Crippen LogP contribution in [-0.2, 0) is 32.6 Å². The van der Waals surface area contributed by atoms with E-state index in [0.29, 0.717) is 5.75 Å². The second-order valence-corrected chi connectivity index (χ2v) is 13.8. The molecule has 1 aliphatic rings. The van der Waals surface area contributed by atoms with Crippen molar-refractivity contribution < 1.29 is 27.5 Å². The summed E-state index contributed by atoms with van der Waals surface area (Å²) < 4.78 is 39.1. The molecule has 4 rings (SSSR count). The van der Waals surface area contributed by atoms with E-state index in [1.807, 2.05) is 54.6 Å². The number of sulfonamides is 1. The number of benzene rings is 3. The summed E-state index contributed by atoms with van der Waals surface area (Å²) in [5.74, 6) is -0.110. The zero-order valence-corrected chi connectivity index (χ0v) is 27.8. The van der Waals surface area contributed by atoms with E-state index in [1.54, 1.807) is 12.1 Å². The first-order valence-electron chi connectivity index (χ1n) is 14.7. The summed E-state index contributed by atoms with van der Waals surface area (Å²) in [4.78, 5) is 29.9. The van der Waals surface area contributed by atoms with Gasteiger partial charge in [0.05, 0.1) is 26.2 Å².